The molecule has 1 aliphatic heterocycles. The van der Waals surface area contributed by atoms with Crippen molar-refractivity contribution in [3.05, 3.63) is 96.1 Å². The van der Waals surface area contributed by atoms with E-state index in [-0.39, 0.29) is 6.61 Å². The summed E-state index contributed by atoms with van der Waals surface area (Å²) in [6.45, 7) is 2.97. The van der Waals surface area contributed by atoms with Gasteiger partial charge in [-0.3, -0.25) is 0 Å². The molecule has 5 atom stereocenters. The second kappa shape index (κ2) is 11.7. The molecule has 4 aromatic carbocycles. The van der Waals surface area contributed by atoms with Gasteiger partial charge in [0, 0.05) is 0 Å². The van der Waals surface area contributed by atoms with E-state index in [4.69, 9.17) is 14.2 Å². The molecule has 0 aromatic heterocycles. The van der Waals surface area contributed by atoms with Gasteiger partial charge in [0.25, 0.3) is 0 Å². The molecule has 0 bridgehead atoms. The Morgan fingerprint density at radius 2 is 1.33 bits per heavy atom. The van der Waals surface area contributed by atoms with Gasteiger partial charge in [-0.2, -0.15) is 0 Å². The fraction of sp³-hybridized carbons (Fsp3) is 0.333. The van der Waals surface area contributed by atoms with Crippen molar-refractivity contribution >= 4 is 33.3 Å². The van der Waals surface area contributed by atoms with E-state index < -0.39 is 29.9 Å². The van der Waals surface area contributed by atoms with Crippen LogP contribution in [0.25, 0.3) is 21.5 Å². The summed E-state index contributed by atoms with van der Waals surface area (Å²) in [5.41, 5.74) is 1.54. The van der Waals surface area contributed by atoms with Crippen molar-refractivity contribution in [2.45, 2.75) is 50.0 Å². The molecule has 5 nitrogen and oxygen atoms in total. The predicted octanol–water partition coefficient (Wildman–Crippen LogP) is 5.29. The Kier molecular flexibility index (Phi) is 8.22. The minimum Gasteiger partial charge on any atom is -0.387 e. The summed E-state index contributed by atoms with van der Waals surface area (Å²) in [5, 5.41) is 26.3. The summed E-state index contributed by atoms with van der Waals surface area (Å²) in [7, 11) is 0. The molecule has 6 heteroatoms. The number of aliphatic hydroxyl groups excluding tert-OH is 2. The smallest absolute Gasteiger partial charge is 0.132 e. The molecule has 1 fully saturated rings. The SMILES string of the molecule is CCS[C@@H]1O[C@H](COCc2ccc3ccccc3c2)[C@@H](OCc2ccc3ccccc3c2)[C@H](O)[C@@H]1O. The lowest BCUT2D eigenvalue weighted by molar-refractivity contribution is -0.228. The van der Waals surface area contributed by atoms with E-state index in [1.165, 1.54) is 22.5 Å². The average Bonchev–Trinajstić information content (AvgIpc) is 2.91. The lowest BCUT2D eigenvalue weighted by Gasteiger charge is -2.42. The molecule has 4 aromatic rings. The minimum absolute atomic E-state index is 0.250. The van der Waals surface area contributed by atoms with Crippen molar-refractivity contribution in [3.8, 4) is 0 Å². The van der Waals surface area contributed by atoms with Crippen LogP contribution in [0.1, 0.15) is 18.1 Å². The maximum atomic E-state index is 11.0. The van der Waals surface area contributed by atoms with Crippen molar-refractivity contribution in [3.63, 3.8) is 0 Å². The number of hydrogen-bond donors (Lipinski definition) is 2. The molecule has 5 rings (SSSR count). The van der Waals surface area contributed by atoms with Gasteiger partial charge < -0.3 is 24.4 Å². The molecule has 1 heterocycles. The standard InChI is InChI=1S/C30H32O5S/c1-2-36-30-28(32)27(31)29(34-18-21-12-14-23-8-4-6-10-25(23)16-21)26(35-30)19-33-17-20-11-13-22-7-3-5-9-24(22)15-20/h3-16,26-32H,2,17-19H2,1H3/t26-,27-,28+,29-,30+/m1/s1. The van der Waals surface area contributed by atoms with E-state index in [1.54, 1.807) is 0 Å². The Labute approximate surface area is 216 Å². The predicted molar refractivity (Wildman–Crippen MR) is 145 cm³/mol. The van der Waals surface area contributed by atoms with Gasteiger partial charge in [-0.05, 0) is 50.6 Å². The highest BCUT2D eigenvalue weighted by Crippen LogP contribution is 2.31. The molecule has 1 aliphatic rings. The zero-order valence-electron chi connectivity index (χ0n) is 20.3. The van der Waals surface area contributed by atoms with Gasteiger partial charge in [0.2, 0.25) is 0 Å². The summed E-state index contributed by atoms with van der Waals surface area (Å²) in [6.07, 6.45) is -3.32. The van der Waals surface area contributed by atoms with Crippen LogP contribution in [0.2, 0.25) is 0 Å². The van der Waals surface area contributed by atoms with Gasteiger partial charge in [-0.15, -0.1) is 11.8 Å². The zero-order chi connectivity index (χ0) is 24.9. The van der Waals surface area contributed by atoms with Crippen molar-refractivity contribution in [1.29, 1.82) is 0 Å². The number of benzene rings is 4. The zero-order valence-corrected chi connectivity index (χ0v) is 21.1. The molecule has 0 amide bonds. The van der Waals surface area contributed by atoms with Crippen molar-refractivity contribution in [2.75, 3.05) is 12.4 Å². The van der Waals surface area contributed by atoms with E-state index in [9.17, 15) is 10.2 Å². The van der Waals surface area contributed by atoms with Crippen LogP contribution in [-0.4, -0.2) is 52.4 Å². The van der Waals surface area contributed by atoms with E-state index in [1.807, 2.05) is 37.3 Å². The number of ether oxygens (including phenoxy) is 3. The first kappa shape index (κ1) is 25.2. The molecule has 0 unspecified atom stereocenters. The number of aliphatic hydroxyl groups is 2. The van der Waals surface area contributed by atoms with Gasteiger partial charge in [0.05, 0.1) is 19.8 Å². The number of rotatable bonds is 9. The van der Waals surface area contributed by atoms with Gasteiger partial charge >= 0.3 is 0 Å². The molecule has 1 saturated heterocycles. The highest BCUT2D eigenvalue weighted by atomic mass is 32.2. The maximum absolute atomic E-state index is 11.0. The third-order valence-electron chi connectivity index (χ3n) is 6.59. The van der Waals surface area contributed by atoms with E-state index in [0.29, 0.717) is 13.2 Å². The Hall–Kier alpha value is -2.45. The topological polar surface area (TPSA) is 68.2 Å². The molecule has 36 heavy (non-hydrogen) atoms. The Morgan fingerprint density at radius 1 is 0.750 bits per heavy atom. The molecule has 188 valence electrons. The lowest BCUT2D eigenvalue weighted by Crippen LogP contribution is -2.58. The molecule has 2 N–H and O–H groups in total. The molecule has 0 saturated carbocycles. The number of thioether (sulfide) groups is 1. The first-order chi connectivity index (χ1) is 17.6. The second-order valence-corrected chi connectivity index (χ2v) is 10.5. The highest BCUT2D eigenvalue weighted by Gasteiger charge is 2.45. The summed E-state index contributed by atoms with van der Waals surface area (Å²) in [5.74, 6) is 0.766. The summed E-state index contributed by atoms with van der Waals surface area (Å²) in [4.78, 5) is 0. The normalized spacial score (nSPS) is 24.4. The minimum atomic E-state index is -1.07. The Morgan fingerprint density at radius 3 is 1.94 bits per heavy atom. The van der Waals surface area contributed by atoms with E-state index >= 15 is 0 Å². The van der Waals surface area contributed by atoms with Crippen LogP contribution in [0.5, 0.6) is 0 Å². The van der Waals surface area contributed by atoms with Crippen LogP contribution in [0.15, 0.2) is 84.9 Å². The molecule has 0 aliphatic carbocycles. The summed E-state index contributed by atoms with van der Waals surface area (Å²) in [6, 6.07) is 28.9. The fourth-order valence-corrected chi connectivity index (χ4v) is 5.60. The maximum Gasteiger partial charge on any atom is 0.132 e. The molecule has 0 spiro atoms. The Balaban J connectivity index is 1.26. The highest BCUT2D eigenvalue weighted by molar-refractivity contribution is 7.99. The van der Waals surface area contributed by atoms with Crippen molar-refractivity contribution < 1.29 is 24.4 Å². The summed E-state index contributed by atoms with van der Waals surface area (Å²) >= 11 is 1.47. The first-order valence-corrected chi connectivity index (χ1v) is 13.4. The van der Waals surface area contributed by atoms with Gasteiger partial charge in [-0.25, -0.2) is 0 Å². The second-order valence-electron chi connectivity index (χ2n) is 9.13. The van der Waals surface area contributed by atoms with Gasteiger partial charge in [0.15, 0.2) is 0 Å². The lowest BCUT2D eigenvalue weighted by atomic mass is 9.99. The molecular formula is C30H32O5S. The average molecular weight is 505 g/mol. The summed E-state index contributed by atoms with van der Waals surface area (Å²) < 4.78 is 18.4. The van der Waals surface area contributed by atoms with E-state index in [2.05, 4.69) is 54.6 Å². The van der Waals surface area contributed by atoms with Crippen LogP contribution < -0.4 is 0 Å². The van der Waals surface area contributed by atoms with Crippen LogP contribution in [0.4, 0.5) is 0 Å². The monoisotopic (exact) mass is 504 g/mol. The van der Waals surface area contributed by atoms with Crippen LogP contribution >= 0.6 is 11.8 Å². The third kappa shape index (κ3) is 5.75. The van der Waals surface area contributed by atoms with Crippen molar-refractivity contribution in [2.24, 2.45) is 0 Å². The largest absolute Gasteiger partial charge is 0.387 e. The van der Waals surface area contributed by atoms with Gasteiger partial charge in [0.1, 0.15) is 29.9 Å². The number of fused-ring (bicyclic) bond motifs is 2. The van der Waals surface area contributed by atoms with Crippen molar-refractivity contribution in [1.82, 2.24) is 0 Å². The van der Waals surface area contributed by atoms with Crippen LogP contribution in [0, 0.1) is 0 Å². The van der Waals surface area contributed by atoms with Gasteiger partial charge in [-0.1, -0.05) is 79.7 Å². The van der Waals surface area contributed by atoms with Crippen LogP contribution in [-0.2, 0) is 27.4 Å². The third-order valence-corrected chi connectivity index (χ3v) is 7.64. The number of hydrogen-bond acceptors (Lipinski definition) is 6. The molecule has 0 radical (unpaired) electrons. The fourth-order valence-electron chi connectivity index (χ4n) is 4.69. The van der Waals surface area contributed by atoms with E-state index in [0.717, 1.165) is 27.7 Å². The first-order valence-electron chi connectivity index (χ1n) is 12.4. The quantitative estimate of drug-likeness (QED) is 0.323. The Bertz CT molecular complexity index is 1290. The van der Waals surface area contributed by atoms with Crippen LogP contribution in [0.3, 0.4) is 0 Å². The molecular weight excluding hydrogens is 472 g/mol.